The maximum Gasteiger partial charge on any atom is 0.416 e. The van der Waals surface area contributed by atoms with Crippen molar-refractivity contribution in [2.45, 2.75) is 25.4 Å². The molecule has 0 saturated carbocycles. The van der Waals surface area contributed by atoms with Crippen LogP contribution in [0.25, 0.3) is 0 Å². The first-order valence-corrected chi connectivity index (χ1v) is 13.5. The monoisotopic (exact) mass is 566 g/mol. The minimum absolute atomic E-state index is 0.0596. The van der Waals surface area contributed by atoms with Crippen LogP contribution in [0.15, 0.2) is 140 Å². The van der Waals surface area contributed by atoms with Gasteiger partial charge >= 0.3 is 12.2 Å². The number of hydrogen-bond acceptors (Lipinski definition) is 2. The summed E-state index contributed by atoms with van der Waals surface area (Å²) in [5, 5.41) is 2.71. The minimum Gasteiger partial charge on any atom is -0.489 e. The summed E-state index contributed by atoms with van der Waals surface area (Å²) in [5.74, 6) is 0.685. The predicted octanol–water partition coefficient (Wildman–Crippen LogP) is 9.11. The number of benzene rings is 5. The van der Waals surface area contributed by atoms with Crippen molar-refractivity contribution in [2.24, 2.45) is 0 Å². The van der Waals surface area contributed by atoms with Gasteiger partial charge < -0.3 is 15.0 Å². The minimum atomic E-state index is -4.53. The van der Waals surface area contributed by atoms with Gasteiger partial charge in [0.15, 0.2) is 0 Å². The molecule has 0 radical (unpaired) electrons. The number of ether oxygens (including phenoxy) is 1. The van der Waals surface area contributed by atoms with E-state index in [1.165, 1.54) is 12.1 Å². The van der Waals surface area contributed by atoms with Gasteiger partial charge in [0.1, 0.15) is 12.4 Å². The molecule has 42 heavy (non-hydrogen) atoms. The maximum absolute atomic E-state index is 13.9. The molecule has 0 heterocycles. The first-order valence-electron chi connectivity index (χ1n) is 13.5. The van der Waals surface area contributed by atoms with Gasteiger partial charge in [0.25, 0.3) is 0 Å². The van der Waals surface area contributed by atoms with Crippen LogP contribution in [-0.4, -0.2) is 10.9 Å². The number of halogens is 3. The Morgan fingerprint density at radius 1 is 0.690 bits per heavy atom. The summed E-state index contributed by atoms with van der Waals surface area (Å²) in [7, 11) is 0. The van der Waals surface area contributed by atoms with Gasteiger partial charge in [-0.15, -0.1) is 0 Å². The number of rotatable bonds is 9. The Balaban J connectivity index is 1.45. The van der Waals surface area contributed by atoms with Gasteiger partial charge in [-0.1, -0.05) is 109 Å². The number of urea groups is 1. The second-order valence-corrected chi connectivity index (χ2v) is 9.78. The first-order chi connectivity index (χ1) is 20.4. The number of anilines is 1. The molecule has 4 nitrogen and oxygen atoms in total. The third-order valence-electron chi connectivity index (χ3n) is 6.77. The normalized spacial score (nSPS) is 11.2. The zero-order valence-corrected chi connectivity index (χ0v) is 22.7. The Morgan fingerprint density at radius 3 is 1.83 bits per heavy atom. The highest BCUT2D eigenvalue weighted by Gasteiger charge is 2.31. The van der Waals surface area contributed by atoms with E-state index in [0.717, 1.165) is 34.4 Å². The lowest BCUT2D eigenvalue weighted by atomic mass is 9.96. The van der Waals surface area contributed by atoms with E-state index in [2.05, 4.69) is 5.32 Å². The van der Waals surface area contributed by atoms with Crippen molar-refractivity contribution >= 4 is 11.7 Å². The SMILES string of the molecule is O=C(Nc1cccc(C(F)(F)F)c1)N(Cc1ccc(OCc2ccccc2)cc1)C(c1ccccc1)c1ccccc1. The summed E-state index contributed by atoms with van der Waals surface area (Å²) in [6.07, 6.45) is -4.53. The maximum atomic E-state index is 13.9. The molecule has 7 heteroatoms. The molecule has 0 aliphatic rings. The Kier molecular flexibility index (Phi) is 8.87. The van der Waals surface area contributed by atoms with E-state index in [9.17, 15) is 18.0 Å². The molecular formula is C35H29F3N2O2. The molecule has 1 N–H and O–H groups in total. The quantitative estimate of drug-likeness (QED) is 0.193. The topological polar surface area (TPSA) is 41.6 Å². The number of nitrogens with zero attached hydrogens (tertiary/aromatic N) is 1. The van der Waals surface area contributed by atoms with Crippen LogP contribution in [0.4, 0.5) is 23.7 Å². The molecule has 0 spiro atoms. The molecule has 0 aromatic heterocycles. The van der Waals surface area contributed by atoms with Gasteiger partial charge in [-0.05, 0) is 52.6 Å². The number of nitrogens with one attached hydrogen (secondary N) is 1. The van der Waals surface area contributed by atoms with Crippen LogP contribution in [-0.2, 0) is 19.3 Å². The zero-order chi connectivity index (χ0) is 29.4. The Bertz CT molecular complexity index is 1540. The van der Waals surface area contributed by atoms with Crippen molar-refractivity contribution in [3.05, 3.63) is 167 Å². The van der Waals surface area contributed by atoms with Crippen molar-refractivity contribution in [2.75, 3.05) is 5.32 Å². The van der Waals surface area contributed by atoms with Gasteiger partial charge in [-0.2, -0.15) is 13.2 Å². The molecule has 5 aromatic carbocycles. The van der Waals surface area contributed by atoms with Crippen molar-refractivity contribution in [1.82, 2.24) is 4.90 Å². The number of carbonyl (C=O) groups is 1. The van der Waals surface area contributed by atoms with E-state index in [1.807, 2.05) is 115 Å². The molecule has 0 saturated heterocycles. The lowest BCUT2D eigenvalue weighted by molar-refractivity contribution is -0.137. The van der Waals surface area contributed by atoms with E-state index in [1.54, 1.807) is 4.90 Å². The van der Waals surface area contributed by atoms with Crippen LogP contribution < -0.4 is 10.1 Å². The Labute approximate surface area is 243 Å². The summed E-state index contributed by atoms with van der Waals surface area (Å²) in [6, 6.07) is 40.0. The third-order valence-corrected chi connectivity index (χ3v) is 6.77. The fourth-order valence-electron chi connectivity index (χ4n) is 4.70. The molecule has 5 aromatic rings. The van der Waals surface area contributed by atoms with Crippen LogP contribution in [0.1, 0.15) is 33.9 Å². The molecule has 0 aliphatic carbocycles. The summed E-state index contributed by atoms with van der Waals surface area (Å²) in [4.78, 5) is 15.5. The Hall–Kier alpha value is -5.04. The average molecular weight is 567 g/mol. The van der Waals surface area contributed by atoms with Crippen molar-refractivity contribution in [1.29, 1.82) is 0 Å². The molecular weight excluding hydrogens is 537 g/mol. The second-order valence-electron chi connectivity index (χ2n) is 9.78. The highest BCUT2D eigenvalue weighted by atomic mass is 19.4. The van der Waals surface area contributed by atoms with Gasteiger partial charge in [0.2, 0.25) is 0 Å². The number of carbonyl (C=O) groups excluding carboxylic acids is 1. The van der Waals surface area contributed by atoms with Gasteiger partial charge in [-0.25, -0.2) is 4.79 Å². The highest BCUT2D eigenvalue weighted by molar-refractivity contribution is 5.90. The number of amides is 2. The average Bonchev–Trinajstić information content (AvgIpc) is 3.01. The molecule has 212 valence electrons. The lowest BCUT2D eigenvalue weighted by Crippen LogP contribution is -2.38. The van der Waals surface area contributed by atoms with E-state index in [0.29, 0.717) is 12.4 Å². The molecule has 0 atom stereocenters. The molecule has 0 bridgehead atoms. The number of alkyl halides is 3. The van der Waals surface area contributed by atoms with Crippen molar-refractivity contribution in [3.8, 4) is 5.75 Å². The van der Waals surface area contributed by atoms with Crippen LogP contribution in [0.5, 0.6) is 5.75 Å². The molecule has 2 amide bonds. The third kappa shape index (κ3) is 7.37. The summed E-state index contributed by atoms with van der Waals surface area (Å²) in [5.41, 5.74) is 2.84. The van der Waals surface area contributed by atoms with Crippen molar-refractivity contribution < 1.29 is 22.7 Å². The van der Waals surface area contributed by atoms with Crippen LogP contribution in [0.3, 0.4) is 0 Å². The van der Waals surface area contributed by atoms with Gasteiger partial charge in [0.05, 0.1) is 11.6 Å². The predicted molar refractivity (Wildman–Crippen MR) is 158 cm³/mol. The van der Waals surface area contributed by atoms with E-state index < -0.39 is 23.8 Å². The fourth-order valence-corrected chi connectivity index (χ4v) is 4.70. The summed E-state index contributed by atoms with van der Waals surface area (Å²) < 4.78 is 46.0. The molecule has 0 aliphatic heterocycles. The standard InChI is InChI=1S/C35H29F3N2O2/c36-35(37,38)30-17-10-18-31(23-30)39-34(41)40(33(28-13-6-2-7-14-28)29-15-8-3-9-16-29)24-26-19-21-32(22-20-26)42-25-27-11-4-1-5-12-27/h1-23,33H,24-25H2,(H,39,41). The van der Waals surface area contributed by atoms with Crippen LogP contribution in [0, 0.1) is 0 Å². The smallest absolute Gasteiger partial charge is 0.416 e. The molecule has 5 rings (SSSR count). The van der Waals surface area contributed by atoms with Crippen LogP contribution in [0.2, 0.25) is 0 Å². The molecule has 0 unspecified atom stereocenters. The molecule has 0 fully saturated rings. The van der Waals surface area contributed by atoms with Crippen LogP contribution >= 0.6 is 0 Å². The first kappa shape index (κ1) is 28.5. The largest absolute Gasteiger partial charge is 0.489 e. The Morgan fingerprint density at radius 2 is 1.26 bits per heavy atom. The lowest BCUT2D eigenvalue weighted by Gasteiger charge is -2.33. The van der Waals surface area contributed by atoms with E-state index in [4.69, 9.17) is 4.74 Å². The second kappa shape index (κ2) is 13.1. The van der Waals surface area contributed by atoms with Gasteiger partial charge in [0, 0.05) is 12.2 Å². The van der Waals surface area contributed by atoms with E-state index >= 15 is 0 Å². The van der Waals surface area contributed by atoms with E-state index in [-0.39, 0.29) is 12.2 Å². The number of hydrogen-bond donors (Lipinski definition) is 1. The van der Waals surface area contributed by atoms with Crippen molar-refractivity contribution in [3.63, 3.8) is 0 Å². The highest BCUT2D eigenvalue weighted by Crippen LogP contribution is 2.33. The fraction of sp³-hybridized carbons (Fsp3) is 0.114. The summed E-state index contributed by atoms with van der Waals surface area (Å²) in [6.45, 7) is 0.619. The summed E-state index contributed by atoms with van der Waals surface area (Å²) >= 11 is 0. The zero-order valence-electron chi connectivity index (χ0n) is 22.7. The van der Waals surface area contributed by atoms with Gasteiger partial charge in [-0.3, -0.25) is 0 Å².